The van der Waals surface area contributed by atoms with Crippen LogP contribution in [0.15, 0.2) is 58.5 Å². The number of rotatable bonds is 7. The first-order valence-electron chi connectivity index (χ1n) is 8.79. The highest BCUT2D eigenvalue weighted by Crippen LogP contribution is 2.24. The highest BCUT2D eigenvalue weighted by Gasteiger charge is 2.12. The molecule has 2 aromatic carbocycles. The van der Waals surface area contributed by atoms with Crippen molar-refractivity contribution in [2.75, 3.05) is 11.1 Å². The molecule has 0 aliphatic rings. The number of benzene rings is 2. The zero-order valence-electron chi connectivity index (χ0n) is 15.0. The minimum absolute atomic E-state index is 0.0885. The van der Waals surface area contributed by atoms with Crippen LogP contribution in [0.25, 0.3) is 10.8 Å². The number of carbonyl (C=O) groups excluding carboxylic acids is 1. The molecule has 1 aromatic heterocycles. The van der Waals surface area contributed by atoms with Gasteiger partial charge in [-0.15, -0.1) is 0 Å². The van der Waals surface area contributed by atoms with Crippen molar-refractivity contribution in [2.45, 2.75) is 31.5 Å². The number of hydrogen-bond acceptors (Lipinski definition) is 5. The minimum Gasteiger partial charge on any atom is -0.493 e. The largest absolute Gasteiger partial charge is 0.493 e. The van der Waals surface area contributed by atoms with Gasteiger partial charge in [-0.1, -0.05) is 61.5 Å². The Morgan fingerprint density at radius 3 is 2.81 bits per heavy atom. The van der Waals surface area contributed by atoms with Crippen LogP contribution < -0.4 is 10.9 Å². The summed E-state index contributed by atoms with van der Waals surface area (Å²) in [6.07, 6.45) is 1.75. The van der Waals surface area contributed by atoms with E-state index in [1.54, 1.807) is 0 Å². The fraction of sp³-hybridized carbons (Fsp3) is 0.250. The molecule has 0 atom stereocenters. The smallest absolute Gasteiger partial charge is 0.257 e. The summed E-state index contributed by atoms with van der Waals surface area (Å²) in [5.74, 6) is -0.439. The number of fused-ring (bicyclic) bond motifs is 1. The average Bonchev–Trinajstić information content (AvgIpc) is 2.66. The molecule has 6 nitrogen and oxygen atoms in total. The van der Waals surface area contributed by atoms with Gasteiger partial charge in [0.05, 0.1) is 11.8 Å². The van der Waals surface area contributed by atoms with E-state index in [4.69, 9.17) is 0 Å². The van der Waals surface area contributed by atoms with Crippen LogP contribution in [0.2, 0.25) is 0 Å². The molecule has 0 aliphatic heterocycles. The topological polar surface area (TPSA) is 84.2 Å². The summed E-state index contributed by atoms with van der Waals surface area (Å²) in [5, 5.41) is 14.9. The van der Waals surface area contributed by atoms with Crippen molar-refractivity contribution >= 4 is 34.1 Å². The van der Waals surface area contributed by atoms with Gasteiger partial charge in [-0.2, -0.15) is 4.98 Å². The van der Waals surface area contributed by atoms with Gasteiger partial charge < -0.3 is 10.4 Å². The molecule has 0 fully saturated rings. The Morgan fingerprint density at radius 1 is 1.22 bits per heavy atom. The van der Waals surface area contributed by atoms with E-state index >= 15 is 0 Å². The lowest BCUT2D eigenvalue weighted by Crippen LogP contribution is -2.23. The van der Waals surface area contributed by atoms with Crippen LogP contribution in [-0.4, -0.2) is 26.3 Å². The third-order valence-corrected chi connectivity index (χ3v) is 5.07. The quantitative estimate of drug-likeness (QED) is 0.481. The molecule has 0 unspecified atom stereocenters. The number of nitrogens with one attached hydrogen (secondary N) is 1. The number of unbranched alkanes of at least 4 members (excludes halogenated alkanes) is 1. The maximum absolute atomic E-state index is 12.4. The molecule has 0 radical (unpaired) electrons. The average molecular weight is 383 g/mol. The van der Waals surface area contributed by atoms with Crippen LogP contribution in [0.4, 0.5) is 5.69 Å². The molecule has 2 N–H and O–H groups in total. The van der Waals surface area contributed by atoms with Gasteiger partial charge >= 0.3 is 0 Å². The number of anilines is 1. The first-order chi connectivity index (χ1) is 13.1. The van der Waals surface area contributed by atoms with Crippen LogP contribution in [0.1, 0.15) is 19.8 Å². The number of nitrogens with zero attached hydrogens (tertiary/aromatic N) is 2. The third kappa shape index (κ3) is 4.68. The first kappa shape index (κ1) is 19.0. The van der Waals surface area contributed by atoms with Gasteiger partial charge in [0.1, 0.15) is 0 Å². The van der Waals surface area contributed by atoms with Crippen molar-refractivity contribution in [3.63, 3.8) is 0 Å². The molecule has 3 rings (SSSR count). The van der Waals surface area contributed by atoms with Crippen LogP contribution in [0.5, 0.6) is 5.88 Å². The number of thioether (sulfide) groups is 1. The fourth-order valence-electron chi connectivity index (χ4n) is 2.76. The maximum Gasteiger partial charge on any atom is 0.257 e. The molecule has 1 heterocycles. The monoisotopic (exact) mass is 383 g/mol. The molecule has 7 heteroatoms. The molecule has 3 aromatic rings. The van der Waals surface area contributed by atoms with Crippen molar-refractivity contribution in [1.29, 1.82) is 0 Å². The Kier molecular flexibility index (Phi) is 6.13. The number of aromatic nitrogens is 2. The van der Waals surface area contributed by atoms with Gasteiger partial charge in [0.2, 0.25) is 11.8 Å². The molecule has 27 heavy (non-hydrogen) atoms. The summed E-state index contributed by atoms with van der Waals surface area (Å²) in [6.45, 7) is 2.54. The third-order valence-electron chi connectivity index (χ3n) is 4.09. The first-order valence-corrected chi connectivity index (χ1v) is 9.78. The molecule has 140 valence electrons. The zero-order valence-corrected chi connectivity index (χ0v) is 15.8. The Bertz CT molecular complexity index is 1010. The van der Waals surface area contributed by atoms with E-state index in [9.17, 15) is 14.7 Å². The Labute approximate surface area is 161 Å². The summed E-state index contributed by atoms with van der Waals surface area (Å²) >= 11 is 1.14. The van der Waals surface area contributed by atoms with E-state index in [0.717, 1.165) is 47.1 Å². The maximum atomic E-state index is 12.4. The molecule has 1 amide bonds. The van der Waals surface area contributed by atoms with Crippen molar-refractivity contribution < 1.29 is 9.90 Å². The summed E-state index contributed by atoms with van der Waals surface area (Å²) in [4.78, 5) is 28.5. The Balaban J connectivity index is 1.73. The van der Waals surface area contributed by atoms with Gasteiger partial charge in [0.25, 0.3) is 5.56 Å². The van der Waals surface area contributed by atoms with E-state index in [2.05, 4.69) is 10.3 Å². The number of carbonyl (C=O) groups is 1. The standard InChI is InChI=1S/C20H21N3O3S/c1-2-3-11-23-19(26)12-17(24)22-20(23)27-13-18(25)21-16-10-6-8-14-7-4-5-9-15(14)16/h4-10,12,24H,2-3,11,13H2,1H3,(H,21,25). The van der Waals surface area contributed by atoms with Crippen molar-refractivity contribution in [1.82, 2.24) is 9.55 Å². The summed E-state index contributed by atoms with van der Waals surface area (Å²) in [6, 6.07) is 14.7. The van der Waals surface area contributed by atoms with Gasteiger partial charge in [-0.05, 0) is 17.9 Å². The van der Waals surface area contributed by atoms with Crippen LogP contribution in [0.3, 0.4) is 0 Å². The second kappa shape index (κ2) is 8.73. The molecule has 0 saturated carbocycles. The van der Waals surface area contributed by atoms with Gasteiger partial charge in [-0.3, -0.25) is 14.2 Å². The normalized spacial score (nSPS) is 10.9. The van der Waals surface area contributed by atoms with Crippen molar-refractivity contribution in [3.8, 4) is 5.88 Å². The predicted octanol–water partition coefficient (Wildman–Crippen LogP) is 3.63. The minimum atomic E-state index is -0.329. The fourth-order valence-corrected chi connectivity index (χ4v) is 3.58. The second-order valence-corrected chi connectivity index (χ2v) is 7.05. The number of hydrogen-bond donors (Lipinski definition) is 2. The summed E-state index contributed by atoms with van der Waals surface area (Å²) in [5.41, 5.74) is 0.429. The molecule has 0 saturated heterocycles. The zero-order chi connectivity index (χ0) is 19.2. The van der Waals surface area contributed by atoms with Crippen molar-refractivity contribution in [2.24, 2.45) is 0 Å². The highest BCUT2D eigenvalue weighted by molar-refractivity contribution is 7.99. The number of aromatic hydroxyl groups is 1. The lowest BCUT2D eigenvalue weighted by atomic mass is 10.1. The molecule has 0 spiro atoms. The number of amides is 1. The van der Waals surface area contributed by atoms with E-state index in [-0.39, 0.29) is 23.1 Å². The van der Waals surface area contributed by atoms with Crippen LogP contribution in [0, 0.1) is 0 Å². The lowest BCUT2D eigenvalue weighted by molar-refractivity contribution is -0.113. The van der Waals surface area contributed by atoms with Crippen LogP contribution in [-0.2, 0) is 11.3 Å². The molecule has 0 aliphatic carbocycles. The van der Waals surface area contributed by atoms with E-state index in [1.165, 1.54) is 4.57 Å². The molecular formula is C20H21N3O3S. The van der Waals surface area contributed by atoms with Gasteiger partial charge in [0.15, 0.2) is 5.16 Å². The highest BCUT2D eigenvalue weighted by atomic mass is 32.2. The van der Waals surface area contributed by atoms with Crippen molar-refractivity contribution in [3.05, 3.63) is 58.9 Å². The Morgan fingerprint density at radius 2 is 2.00 bits per heavy atom. The summed E-state index contributed by atoms with van der Waals surface area (Å²) < 4.78 is 1.50. The SMILES string of the molecule is CCCCn1c(SCC(=O)Nc2cccc3ccccc23)nc(O)cc1=O. The molecule has 0 bridgehead atoms. The van der Waals surface area contributed by atoms with Gasteiger partial charge in [-0.25, -0.2) is 0 Å². The van der Waals surface area contributed by atoms with Crippen LogP contribution >= 0.6 is 11.8 Å². The second-order valence-electron chi connectivity index (χ2n) is 6.10. The van der Waals surface area contributed by atoms with E-state index in [0.29, 0.717) is 11.7 Å². The van der Waals surface area contributed by atoms with Gasteiger partial charge in [0, 0.05) is 17.6 Å². The lowest BCUT2D eigenvalue weighted by Gasteiger charge is -2.12. The molecular weight excluding hydrogens is 362 g/mol. The summed E-state index contributed by atoms with van der Waals surface area (Å²) in [7, 11) is 0. The predicted molar refractivity (Wildman–Crippen MR) is 108 cm³/mol. The van der Waals surface area contributed by atoms with E-state index < -0.39 is 0 Å². The Hall–Kier alpha value is -2.80. The van der Waals surface area contributed by atoms with E-state index in [1.807, 2.05) is 49.4 Å².